The molecular formula is C15H20FNO. The molecule has 1 unspecified atom stereocenters. The third-order valence-electron chi connectivity index (χ3n) is 4.80. The average molecular weight is 249 g/mol. The smallest absolute Gasteiger partial charge is 0.128 e. The minimum absolute atomic E-state index is 0.122. The predicted octanol–water partition coefficient (Wildman–Crippen LogP) is 2.97. The molecule has 1 saturated carbocycles. The van der Waals surface area contributed by atoms with Crippen molar-refractivity contribution in [2.75, 3.05) is 13.7 Å². The SMILES string of the molecule is CN[C@@]1(c2ccccc2F)CCCCC12CCO2. The fourth-order valence-corrected chi connectivity index (χ4v) is 3.80. The van der Waals surface area contributed by atoms with Crippen molar-refractivity contribution in [1.82, 2.24) is 5.32 Å². The highest BCUT2D eigenvalue weighted by Gasteiger charge is 2.58. The second kappa shape index (κ2) is 4.32. The van der Waals surface area contributed by atoms with Gasteiger partial charge in [-0.15, -0.1) is 0 Å². The van der Waals surface area contributed by atoms with Crippen LogP contribution in [-0.2, 0) is 10.3 Å². The molecule has 1 heterocycles. The number of nitrogens with one attached hydrogen (secondary N) is 1. The molecule has 0 radical (unpaired) electrons. The van der Waals surface area contributed by atoms with Crippen molar-refractivity contribution in [1.29, 1.82) is 0 Å². The van der Waals surface area contributed by atoms with Gasteiger partial charge in [0.15, 0.2) is 0 Å². The number of benzene rings is 1. The van der Waals surface area contributed by atoms with E-state index in [1.54, 1.807) is 12.1 Å². The average Bonchev–Trinajstić information content (AvgIpc) is 2.37. The molecule has 2 nitrogen and oxygen atoms in total. The highest BCUT2D eigenvalue weighted by atomic mass is 19.1. The Hall–Kier alpha value is -0.930. The molecule has 1 spiro atoms. The van der Waals surface area contributed by atoms with Gasteiger partial charge in [0.2, 0.25) is 0 Å². The Labute approximate surface area is 108 Å². The van der Waals surface area contributed by atoms with Crippen LogP contribution in [0, 0.1) is 5.82 Å². The van der Waals surface area contributed by atoms with Crippen molar-refractivity contribution < 1.29 is 9.13 Å². The molecule has 0 aromatic heterocycles. The Morgan fingerprint density at radius 1 is 1.17 bits per heavy atom. The number of hydrogen-bond acceptors (Lipinski definition) is 2. The van der Waals surface area contributed by atoms with Gasteiger partial charge in [-0.2, -0.15) is 0 Å². The Morgan fingerprint density at radius 2 is 1.89 bits per heavy atom. The fraction of sp³-hybridized carbons (Fsp3) is 0.600. The summed E-state index contributed by atoms with van der Waals surface area (Å²) < 4.78 is 20.2. The van der Waals surface area contributed by atoms with Crippen LogP contribution >= 0.6 is 0 Å². The zero-order valence-electron chi connectivity index (χ0n) is 10.8. The lowest BCUT2D eigenvalue weighted by Gasteiger charge is -2.58. The molecule has 98 valence electrons. The van der Waals surface area contributed by atoms with Crippen molar-refractivity contribution in [2.45, 2.75) is 43.2 Å². The maximum absolute atomic E-state index is 14.2. The largest absolute Gasteiger partial charge is 0.373 e. The van der Waals surface area contributed by atoms with E-state index < -0.39 is 0 Å². The first-order valence-corrected chi connectivity index (χ1v) is 6.82. The monoisotopic (exact) mass is 249 g/mol. The first-order valence-electron chi connectivity index (χ1n) is 6.82. The first-order chi connectivity index (χ1) is 8.74. The van der Waals surface area contributed by atoms with Gasteiger partial charge in [-0.3, -0.25) is 0 Å². The van der Waals surface area contributed by atoms with Crippen molar-refractivity contribution in [3.63, 3.8) is 0 Å². The molecule has 0 bridgehead atoms. The summed E-state index contributed by atoms with van der Waals surface area (Å²) in [6, 6.07) is 7.12. The van der Waals surface area contributed by atoms with Crippen LogP contribution < -0.4 is 5.32 Å². The van der Waals surface area contributed by atoms with Gasteiger partial charge in [0.25, 0.3) is 0 Å². The summed E-state index contributed by atoms with van der Waals surface area (Å²) in [6.07, 6.45) is 5.31. The molecule has 0 amide bonds. The van der Waals surface area contributed by atoms with Crippen LogP contribution in [0.15, 0.2) is 24.3 Å². The summed E-state index contributed by atoms with van der Waals surface area (Å²) in [5.41, 5.74) is 0.226. The molecule has 2 aliphatic rings. The van der Waals surface area contributed by atoms with Gasteiger partial charge in [-0.1, -0.05) is 31.0 Å². The third-order valence-corrected chi connectivity index (χ3v) is 4.80. The Morgan fingerprint density at radius 3 is 2.50 bits per heavy atom. The van der Waals surface area contributed by atoms with Crippen LogP contribution in [0.5, 0.6) is 0 Å². The van der Waals surface area contributed by atoms with E-state index in [4.69, 9.17) is 4.74 Å². The minimum Gasteiger partial charge on any atom is -0.373 e. The van der Waals surface area contributed by atoms with Crippen molar-refractivity contribution in [2.24, 2.45) is 0 Å². The highest BCUT2D eigenvalue weighted by Crippen LogP contribution is 2.52. The van der Waals surface area contributed by atoms with E-state index in [0.717, 1.165) is 37.9 Å². The van der Waals surface area contributed by atoms with E-state index in [2.05, 4.69) is 5.32 Å². The molecule has 1 aromatic carbocycles. The number of rotatable bonds is 2. The van der Waals surface area contributed by atoms with Crippen LogP contribution in [0.4, 0.5) is 4.39 Å². The van der Waals surface area contributed by atoms with Crippen LogP contribution in [0.2, 0.25) is 0 Å². The fourth-order valence-electron chi connectivity index (χ4n) is 3.80. The molecule has 2 atom stereocenters. The standard InChI is InChI=1S/C15H20FNO/c1-17-15(12-6-2-3-7-13(12)16)9-5-4-8-14(15)10-11-18-14/h2-3,6-7,17H,4-5,8-11H2,1H3/t14?,15-/m1/s1. The summed E-state index contributed by atoms with van der Waals surface area (Å²) in [6.45, 7) is 0.803. The molecule has 2 fully saturated rings. The normalized spacial score (nSPS) is 35.4. The maximum atomic E-state index is 14.2. The second-order valence-corrected chi connectivity index (χ2v) is 5.44. The molecule has 18 heavy (non-hydrogen) atoms. The van der Waals surface area contributed by atoms with Crippen LogP contribution in [-0.4, -0.2) is 19.3 Å². The lowest BCUT2D eigenvalue weighted by molar-refractivity contribution is -0.217. The van der Waals surface area contributed by atoms with Crippen molar-refractivity contribution >= 4 is 0 Å². The van der Waals surface area contributed by atoms with Crippen molar-refractivity contribution in [3.05, 3.63) is 35.6 Å². The molecule has 1 aliphatic carbocycles. The van der Waals surface area contributed by atoms with E-state index in [-0.39, 0.29) is 17.0 Å². The van der Waals surface area contributed by atoms with Gasteiger partial charge in [0, 0.05) is 12.0 Å². The molecule has 3 heteroatoms. The van der Waals surface area contributed by atoms with Gasteiger partial charge in [-0.05, 0) is 26.0 Å². The Bertz CT molecular complexity index is 444. The summed E-state index contributed by atoms with van der Waals surface area (Å²) in [5.74, 6) is -0.122. The molecular weight excluding hydrogens is 229 g/mol. The minimum atomic E-state index is -0.352. The van der Waals surface area contributed by atoms with Gasteiger partial charge in [0.05, 0.1) is 17.7 Å². The Balaban J connectivity index is 2.10. The topological polar surface area (TPSA) is 21.3 Å². The molecule has 1 N–H and O–H groups in total. The third kappa shape index (κ3) is 1.47. The number of halogens is 1. The van der Waals surface area contributed by atoms with E-state index in [0.29, 0.717) is 0 Å². The van der Waals surface area contributed by atoms with Gasteiger partial charge < -0.3 is 10.1 Å². The lowest BCUT2D eigenvalue weighted by atomic mass is 9.62. The van der Waals surface area contributed by atoms with E-state index in [1.807, 2.05) is 19.2 Å². The number of likely N-dealkylation sites (N-methyl/N-ethyl adjacent to an activating group) is 1. The van der Waals surface area contributed by atoms with Gasteiger partial charge >= 0.3 is 0 Å². The van der Waals surface area contributed by atoms with Crippen LogP contribution in [0.25, 0.3) is 0 Å². The summed E-state index contributed by atoms with van der Waals surface area (Å²) in [7, 11) is 1.93. The number of hydrogen-bond donors (Lipinski definition) is 1. The summed E-state index contributed by atoms with van der Waals surface area (Å²) >= 11 is 0. The van der Waals surface area contributed by atoms with Crippen LogP contribution in [0.3, 0.4) is 0 Å². The summed E-state index contributed by atoms with van der Waals surface area (Å²) in [5, 5.41) is 3.40. The molecule has 1 saturated heterocycles. The predicted molar refractivity (Wildman–Crippen MR) is 68.9 cm³/mol. The zero-order chi connectivity index (χ0) is 12.6. The van der Waals surface area contributed by atoms with Crippen LogP contribution in [0.1, 0.15) is 37.7 Å². The lowest BCUT2D eigenvalue weighted by Crippen LogP contribution is -2.67. The van der Waals surface area contributed by atoms with Gasteiger partial charge in [0.1, 0.15) is 5.82 Å². The van der Waals surface area contributed by atoms with Gasteiger partial charge in [-0.25, -0.2) is 4.39 Å². The first kappa shape index (κ1) is 12.1. The number of ether oxygens (including phenoxy) is 1. The van der Waals surface area contributed by atoms with E-state index >= 15 is 0 Å². The van der Waals surface area contributed by atoms with E-state index in [1.165, 1.54) is 6.42 Å². The second-order valence-electron chi connectivity index (χ2n) is 5.44. The molecule has 1 aliphatic heterocycles. The quantitative estimate of drug-likeness (QED) is 0.870. The van der Waals surface area contributed by atoms with Crippen molar-refractivity contribution in [3.8, 4) is 0 Å². The zero-order valence-corrected chi connectivity index (χ0v) is 10.8. The molecule has 3 rings (SSSR count). The Kier molecular flexibility index (Phi) is 2.91. The summed E-state index contributed by atoms with van der Waals surface area (Å²) in [4.78, 5) is 0. The molecule has 1 aromatic rings. The maximum Gasteiger partial charge on any atom is 0.128 e. The highest BCUT2D eigenvalue weighted by molar-refractivity contribution is 5.32. The van der Waals surface area contributed by atoms with E-state index in [9.17, 15) is 4.39 Å².